The molecule has 0 aliphatic carbocycles. The fourth-order valence-corrected chi connectivity index (χ4v) is 2.38. The van der Waals surface area contributed by atoms with E-state index in [1.165, 1.54) is 0 Å². The molecule has 0 aromatic heterocycles. The highest BCUT2D eigenvalue weighted by Crippen LogP contribution is 2.12. The Morgan fingerprint density at radius 2 is 1.90 bits per heavy atom. The minimum atomic E-state index is -0.427. The summed E-state index contributed by atoms with van der Waals surface area (Å²) in [5, 5.41) is 3.04. The number of piperidine rings is 1. The van der Waals surface area contributed by atoms with Crippen LogP contribution in [0.15, 0.2) is 0 Å². The number of hydrogen-bond donors (Lipinski definition) is 2. The molecular formula is C15H30N4O2. The van der Waals surface area contributed by atoms with Crippen LogP contribution in [0, 0.1) is 5.92 Å². The molecular weight excluding hydrogens is 268 g/mol. The Kier molecular flexibility index (Phi) is 7.11. The zero-order valence-corrected chi connectivity index (χ0v) is 13.8. The van der Waals surface area contributed by atoms with Crippen LogP contribution in [0.1, 0.15) is 33.1 Å². The van der Waals surface area contributed by atoms with Crippen molar-refractivity contribution in [2.24, 2.45) is 11.7 Å². The van der Waals surface area contributed by atoms with Gasteiger partial charge in [0.2, 0.25) is 11.8 Å². The maximum atomic E-state index is 12.0. The first-order valence-electron chi connectivity index (χ1n) is 7.83. The maximum Gasteiger partial charge on any atom is 0.237 e. The zero-order valence-electron chi connectivity index (χ0n) is 13.8. The van der Waals surface area contributed by atoms with Gasteiger partial charge in [-0.05, 0) is 18.8 Å². The predicted octanol–water partition coefficient (Wildman–Crippen LogP) is 0.0286. The molecule has 1 saturated heterocycles. The van der Waals surface area contributed by atoms with Crippen LogP contribution in [0.2, 0.25) is 0 Å². The summed E-state index contributed by atoms with van der Waals surface area (Å²) in [5.41, 5.74) is 5.94. The van der Waals surface area contributed by atoms with Crippen LogP contribution >= 0.6 is 0 Å². The van der Waals surface area contributed by atoms with E-state index < -0.39 is 6.04 Å². The van der Waals surface area contributed by atoms with E-state index in [1.807, 2.05) is 13.8 Å². The number of nitrogens with zero attached hydrogens (tertiary/aromatic N) is 2. The average molecular weight is 298 g/mol. The molecule has 2 unspecified atom stereocenters. The normalized spacial score (nSPS) is 19.9. The summed E-state index contributed by atoms with van der Waals surface area (Å²) in [6.45, 7) is 6.17. The topological polar surface area (TPSA) is 78.7 Å². The highest BCUT2D eigenvalue weighted by Gasteiger charge is 2.25. The minimum absolute atomic E-state index is 0.0489. The molecule has 0 bridgehead atoms. The summed E-state index contributed by atoms with van der Waals surface area (Å²) in [6, 6.07) is -0.248. The molecule has 1 heterocycles. The first-order chi connectivity index (χ1) is 9.85. The van der Waals surface area contributed by atoms with E-state index in [0.717, 1.165) is 32.4 Å². The molecule has 1 aliphatic rings. The lowest BCUT2D eigenvalue weighted by atomic mass is 9.98. The van der Waals surface area contributed by atoms with Crippen molar-refractivity contribution in [3.63, 3.8) is 0 Å². The van der Waals surface area contributed by atoms with E-state index in [1.54, 1.807) is 19.0 Å². The van der Waals surface area contributed by atoms with Crippen molar-refractivity contribution >= 4 is 11.8 Å². The van der Waals surface area contributed by atoms with Gasteiger partial charge in [-0.3, -0.25) is 14.5 Å². The Labute approximate surface area is 128 Å². The Bertz CT molecular complexity index is 352. The van der Waals surface area contributed by atoms with Gasteiger partial charge in [0.15, 0.2) is 0 Å². The van der Waals surface area contributed by atoms with Gasteiger partial charge in [0.05, 0.1) is 12.6 Å². The molecule has 21 heavy (non-hydrogen) atoms. The first kappa shape index (κ1) is 17.9. The third kappa shape index (κ3) is 5.63. The van der Waals surface area contributed by atoms with Gasteiger partial charge in [-0.1, -0.05) is 20.3 Å². The summed E-state index contributed by atoms with van der Waals surface area (Å²) in [4.78, 5) is 27.5. The van der Waals surface area contributed by atoms with Gasteiger partial charge in [-0.15, -0.1) is 0 Å². The number of nitrogens with one attached hydrogen (secondary N) is 1. The first-order valence-corrected chi connectivity index (χ1v) is 7.83. The molecule has 122 valence electrons. The molecule has 6 heteroatoms. The van der Waals surface area contributed by atoms with Crippen LogP contribution in [0.4, 0.5) is 0 Å². The third-order valence-corrected chi connectivity index (χ3v) is 4.35. The molecule has 1 fully saturated rings. The van der Waals surface area contributed by atoms with Crippen molar-refractivity contribution < 1.29 is 9.59 Å². The van der Waals surface area contributed by atoms with Crippen molar-refractivity contribution in [3.8, 4) is 0 Å². The summed E-state index contributed by atoms with van der Waals surface area (Å²) >= 11 is 0. The van der Waals surface area contributed by atoms with E-state index >= 15 is 0 Å². The van der Waals surface area contributed by atoms with Gasteiger partial charge in [0.1, 0.15) is 0 Å². The lowest BCUT2D eigenvalue weighted by Gasteiger charge is -2.33. The lowest BCUT2D eigenvalue weighted by molar-refractivity contribution is -0.130. The van der Waals surface area contributed by atoms with Crippen LogP contribution in [0.3, 0.4) is 0 Å². The van der Waals surface area contributed by atoms with Gasteiger partial charge >= 0.3 is 0 Å². The van der Waals surface area contributed by atoms with E-state index in [0.29, 0.717) is 6.54 Å². The van der Waals surface area contributed by atoms with E-state index in [-0.39, 0.29) is 23.8 Å². The molecule has 0 spiro atoms. The fourth-order valence-electron chi connectivity index (χ4n) is 2.38. The molecule has 2 amide bonds. The number of likely N-dealkylation sites (tertiary alicyclic amines) is 1. The Balaban J connectivity index is 2.33. The fraction of sp³-hybridized carbons (Fsp3) is 0.867. The van der Waals surface area contributed by atoms with Crippen LogP contribution in [0.25, 0.3) is 0 Å². The van der Waals surface area contributed by atoms with Crippen molar-refractivity contribution in [1.82, 2.24) is 15.1 Å². The number of likely N-dealkylation sites (N-methyl/N-ethyl adjacent to an activating group) is 1. The number of carbonyl (C=O) groups is 2. The van der Waals surface area contributed by atoms with Gasteiger partial charge in [0, 0.05) is 33.2 Å². The summed E-state index contributed by atoms with van der Waals surface area (Å²) < 4.78 is 0. The monoisotopic (exact) mass is 298 g/mol. The van der Waals surface area contributed by atoms with Crippen molar-refractivity contribution in [2.75, 3.05) is 33.7 Å². The van der Waals surface area contributed by atoms with Crippen LogP contribution in [0.5, 0.6) is 0 Å². The number of carbonyl (C=O) groups excluding carboxylic acids is 2. The Hall–Kier alpha value is -1.14. The maximum absolute atomic E-state index is 12.0. The number of nitrogens with two attached hydrogens (primary N) is 1. The van der Waals surface area contributed by atoms with Crippen LogP contribution < -0.4 is 11.1 Å². The number of hydrogen-bond acceptors (Lipinski definition) is 4. The molecule has 6 nitrogen and oxygen atoms in total. The Morgan fingerprint density at radius 3 is 2.38 bits per heavy atom. The molecule has 0 saturated carbocycles. The molecule has 3 N–H and O–H groups in total. The highest BCUT2D eigenvalue weighted by atomic mass is 16.2. The smallest absolute Gasteiger partial charge is 0.237 e. The largest absolute Gasteiger partial charge is 0.352 e. The summed E-state index contributed by atoms with van der Waals surface area (Å²) in [5.74, 6) is 0.270. The molecule has 2 atom stereocenters. The minimum Gasteiger partial charge on any atom is -0.352 e. The van der Waals surface area contributed by atoms with Gasteiger partial charge in [-0.2, -0.15) is 0 Å². The van der Waals surface area contributed by atoms with Gasteiger partial charge in [0.25, 0.3) is 0 Å². The van der Waals surface area contributed by atoms with Gasteiger partial charge in [-0.25, -0.2) is 0 Å². The number of amides is 2. The molecule has 0 aromatic carbocycles. The standard InChI is InChI=1S/C15H30N4O2/c1-5-11(2)14(16)15(21)17-12-6-8-19(9-7-12)10-13(20)18(3)4/h11-12,14H,5-10,16H2,1-4H3,(H,17,21). The molecule has 0 radical (unpaired) electrons. The van der Waals surface area contributed by atoms with Crippen molar-refractivity contribution in [1.29, 1.82) is 0 Å². The predicted molar refractivity (Wildman–Crippen MR) is 83.7 cm³/mol. The Morgan fingerprint density at radius 1 is 1.33 bits per heavy atom. The van der Waals surface area contributed by atoms with Crippen molar-refractivity contribution in [2.45, 2.75) is 45.2 Å². The second-order valence-electron chi connectivity index (χ2n) is 6.26. The van der Waals surface area contributed by atoms with Crippen LogP contribution in [-0.2, 0) is 9.59 Å². The van der Waals surface area contributed by atoms with E-state index in [2.05, 4.69) is 10.2 Å². The second kappa shape index (κ2) is 8.34. The highest BCUT2D eigenvalue weighted by molar-refractivity contribution is 5.82. The molecule has 1 rings (SSSR count). The summed E-state index contributed by atoms with van der Waals surface area (Å²) in [6.07, 6.45) is 2.65. The quantitative estimate of drug-likeness (QED) is 0.725. The van der Waals surface area contributed by atoms with Crippen LogP contribution in [-0.4, -0.2) is 67.4 Å². The second-order valence-corrected chi connectivity index (χ2v) is 6.26. The number of rotatable bonds is 6. The van der Waals surface area contributed by atoms with E-state index in [9.17, 15) is 9.59 Å². The van der Waals surface area contributed by atoms with Gasteiger partial charge < -0.3 is 16.0 Å². The average Bonchev–Trinajstić information content (AvgIpc) is 2.47. The molecule has 0 aromatic rings. The summed E-state index contributed by atoms with van der Waals surface area (Å²) in [7, 11) is 3.54. The SMILES string of the molecule is CCC(C)C(N)C(=O)NC1CCN(CC(=O)N(C)C)CC1. The van der Waals surface area contributed by atoms with E-state index in [4.69, 9.17) is 5.73 Å². The lowest BCUT2D eigenvalue weighted by Crippen LogP contribution is -2.52. The van der Waals surface area contributed by atoms with Crippen molar-refractivity contribution in [3.05, 3.63) is 0 Å². The third-order valence-electron chi connectivity index (χ3n) is 4.35. The molecule has 1 aliphatic heterocycles. The zero-order chi connectivity index (χ0) is 16.0.